The molecule has 0 saturated heterocycles. The number of ether oxygens (including phenoxy) is 1. The number of hydrogen-bond donors (Lipinski definition) is 2. The number of halogens is 1. The third-order valence-electron chi connectivity index (χ3n) is 3.56. The van der Waals surface area contributed by atoms with Crippen LogP contribution in [0, 0.1) is 10.5 Å². The van der Waals surface area contributed by atoms with Crippen molar-refractivity contribution in [2.45, 2.75) is 19.8 Å². The molecule has 0 aliphatic carbocycles. The van der Waals surface area contributed by atoms with Crippen LogP contribution in [0.25, 0.3) is 0 Å². The van der Waals surface area contributed by atoms with Gasteiger partial charge in [-0.25, -0.2) is 5.43 Å². The van der Waals surface area contributed by atoms with E-state index in [-0.39, 0.29) is 24.7 Å². The molecule has 0 unspecified atom stereocenters. The minimum Gasteiger partial charge on any atom is -0.497 e. The summed E-state index contributed by atoms with van der Waals surface area (Å²) in [7, 11) is 1.60. The van der Waals surface area contributed by atoms with Gasteiger partial charge < -0.3 is 10.1 Å². The third-order valence-corrected chi connectivity index (χ3v) is 4.23. The molecule has 0 bridgehead atoms. The van der Waals surface area contributed by atoms with Crippen molar-refractivity contribution in [3.8, 4) is 5.75 Å². The summed E-state index contributed by atoms with van der Waals surface area (Å²) >= 11 is 2.22. The van der Waals surface area contributed by atoms with Crippen LogP contribution in [0.4, 0.5) is 5.69 Å². The fourth-order valence-electron chi connectivity index (χ4n) is 2.13. The number of hydrazone groups is 1. The van der Waals surface area contributed by atoms with Gasteiger partial charge in [-0.3, -0.25) is 9.59 Å². The first kappa shape index (κ1) is 19.9. The van der Waals surface area contributed by atoms with E-state index < -0.39 is 0 Å². The molecule has 2 rings (SSSR count). The van der Waals surface area contributed by atoms with Gasteiger partial charge in [-0.15, -0.1) is 0 Å². The molecular weight excluding hydrogens is 445 g/mol. The predicted octanol–water partition coefficient (Wildman–Crippen LogP) is 3.48. The van der Waals surface area contributed by atoms with E-state index in [9.17, 15) is 9.59 Å². The minimum atomic E-state index is -0.316. The molecule has 0 radical (unpaired) electrons. The first-order valence-electron chi connectivity index (χ1n) is 8.00. The van der Waals surface area contributed by atoms with E-state index in [0.29, 0.717) is 0 Å². The molecule has 6 nitrogen and oxygen atoms in total. The number of benzene rings is 2. The highest BCUT2D eigenvalue weighted by molar-refractivity contribution is 14.1. The Morgan fingerprint density at radius 1 is 1.12 bits per heavy atom. The highest BCUT2D eigenvalue weighted by Gasteiger charge is 2.08. The SMILES string of the molecule is COc1ccc(/C=N/NC(=O)CCC(=O)Nc2ccc(I)cc2C)cc1. The molecule has 0 aliphatic heterocycles. The Morgan fingerprint density at radius 3 is 2.46 bits per heavy atom. The van der Waals surface area contributed by atoms with Crippen molar-refractivity contribution < 1.29 is 14.3 Å². The molecule has 0 spiro atoms. The van der Waals surface area contributed by atoms with Crippen LogP contribution in [-0.4, -0.2) is 25.1 Å². The summed E-state index contributed by atoms with van der Waals surface area (Å²) in [4.78, 5) is 23.7. The summed E-state index contributed by atoms with van der Waals surface area (Å²) in [5.41, 5.74) is 4.99. The standard InChI is InChI=1S/C19H20IN3O3/c1-13-11-15(20)5-8-17(13)22-18(24)9-10-19(25)23-21-12-14-3-6-16(26-2)7-4-14/h3-8,11-12H,9-10H2,1-2H3,(H,22,24)(H,23,25)/b21-12+. The van der Waals surface area contributed by atoms with Crippen LogP contribution in [0.2, 0.25) is 0 Å². The second kappa shape index (κ2) is 9.91. The first-order chi connectivity index (χ1) is 12.5. The molecule has 136 valence electrons. The van der Waals surface area contributed by atoms with E-state index in [1.54, 1.807) is 19.2 Å². The minimum absolute atomic E-state index is 0.0647. The molecule has 0 aliphatic rings. The number of rotatable bonds is 7. The Balaban J connectivity index is 1.75. The molecule has 0 fully saturated rings. The Bertz CT molecular complexity index is 804. The zero-order valence-electron chi connectivity index (χ0n) is 14.6. The first-order valence-corrected chi connectivity index (χ1v) is 9.08. The number of aryl methyl sites for hydroxylation is 1. The Kier molecular flexibility index (Phi) is 7.58. The van der Waals surface area contributed by atoms with Gasteiger partial charge in [0.05, 0.1) is 13.3 Å². The fourth-order valence-corrected chi connectivity index (χ4v) is 2.78. The van der Waals surface area contributed by atoms with Gasteiger partial charge in [0.15, 0.2) is 0 Å². The summed E-state index contributed by atoms with van der Waals surface area (Å²) in [6.07, 6.45) is 1.69. The smallest absolute Gasteiger partial charge is 0.240 e. The molecular formula is C19H20IN3O3. The van der Waals surface area contributed by atoms with Gasteiger partial charge >= 0.3 is 0 Å². The predicted molar refractivity (Wildman–Crippen MR) is 110 cm³/mol. The molecule has 0 saturated carbocycles. The maximum absolute atomic E-state index is 12.0. The normalized spacial score (nSPS) is 10.6. The lowest BCUT2D eigenvalue weighted by molar-refractivity contribution is -0.124. The van der Waals surface area contributed by atoms with Crippen molar-refractivity contribution in [2.24, 2.45) is 5.10 Å². The molecule has 0 atom stereocenters. The van der Waals surface area contributed by atoms with Crippen LogP contribution in [0.15, 0.2) is 47.6 Å². The molecule has 2 aromatic rings. The molecule has 2 aromatic carbocycles. The average Bonchev–Trinajstić information content (AvgIpc) is 2.63. The van der Waals surface area contributed by atoms with E-state index in [0.717, 1.165) is 26.1 Å². The van der Waals surface area contributed by atoms with Crippen LogP contribution in [0.5, 0.6) is 5.75 Å². The second-order valence-electron chi connectivity index (χ2n) is 5.57. The average molecular weight is 465 g/mol. The highest BCUT2D eigenvalue weighted by atomic mass is 127. The van der Waals surface area contributed by atoms with E-state index in [1.165, 1.54) is 6.21 Å². The van der Waals surface area contributed by atoms with E-state index in [4.69, 9.17) is 4.74 Å². The van der Waals surface area contributed by atoms with E-state index in [1.807, 2.05) is 37.3 Å². The summed E-state index contributed by atoms with van der Waals surface area (Å²) < 4.78 is 6.17. The summed E-state index contributed by atoms with van der Waals surface area (Å²) in [6, 6.07) is 13.0. The number of amides is 2. The topological polar surface area (TPSA) is 79.8 Å². The molecule has 0 heterocycles. The molecule has 2 N–H and O–H groups in total. The van der Waals surface area contributed by atoms with Crippen LogP contribution in [0.3, 0.4) is 0 Å². The number of nitrogens with one attached hydrogen (secondary N) is 2. The van der Waals surface area contributed by atoms with Crippen molar-refractivity contribution in [2.75, 3.05) is 12.4 Å². The highest BCUT2D eigenvalue weighted by Crippen LogP contribution is 2.18. The number of methoxy groups -OCH3 is 1. The van der Waals surface area contributed by atoms with Crippen molar-refractivity contribution >= 4 is 46.3 Å². The van der Waals surface area contributed by atoms with Crippen LogP contribution < -0.4 is 15.5 Å². The zero-order valence-corrected chi connectivity index (χ0v) is 16.7. The van der Waals surface area contributed by atoms with E-state index in [2.05, 4.69) is 38.4 Å². The number of carbonyl (C=O) groups is 2. The monoisotopic (exact) mass is 465 g/mol. The lowest BCUT2D eigenvalue weighted by Gasteiger charge is -2.08. The molecule has 7 heteroatoms. The van der Waals surface area contributed by atoms with Crippen molar-refractivity contribution in [3.63, 3.8) is 0 Å². The molecule has 0 aromatic heterocycles. The van der Waals surface area contributed by atoms with Gasteiger partial charge in [0.2, 0.25) is 11.8 Å². The maximum atomic E-state index is 12.0. The number of nitrogens with zero attached hydrogens (tertiary/aromatic N) is 1. The van der Waals surface area contributed by atoms with Gasteiger partial charge in [-0.05, 0) is 83.1 Å². The van der Waals surface area contributed by atoms with Crippen LogP contribution in [-0.2, 0) is 9.59 Å². The van der Waals surface area contributed by atoms with Crippen molar-refractivity contribution in [3.05, 3.63) is 57.2 Å². The number of carbonyl (C=O) groups excluding carboxylic acids is 2. The molecule has 2 amide bonds. The lowest BCUT2D eigenvalue weighted by atomic mass is 10.2. The maximum Gasteiger partial charge on any atom is 0.240 e. The number of anilines is 1. The van der Waals surface area contributed by atoms with Gasteiger partial charge in [-0.2, -0.15) is 5.10 Å². The van der Waals surface area contributed by atoms with Gasteiger partial charge in [0.25, 0.3) is 0 Å². The fraction of sp³-hybridized carbons (Fsp3) is 0.211. The quantitative estimate of drug-likeness (QED) is 0.374. The Labute approximate surface area is 166 Å². The Morgan fingerprint density at radius 2 is 1.81 bits per heavy atom. The summed E-state index contributed by atoms with van der Waals surface area (Å²) in [6.45, 7) is 1.93. The lowest BCUT2D eigenvalue weighted by Crippen LogP contribution is -2.20. The van der Waals surface area contributed by atoms with Crippen molar-refractivity contribution in [1.82, 2.24) is 5.43 Å². The summed E-state index contributed by atoms with van der Waals surface area (Å²) in [5.74, 6) is 0.230. The third kappa shape index (κ3) is 6.47. The van der Waals surface area contributed by atoms with Crippen LogP contribution >= 0.6 is 22.6 Å². The van der Waals surface area contributed by atoms with Crippen LogP contribution in [0.1, 0.15) is 24.0 Å². The Hall–Kier alpha value is -2.42. The molecule has 26 heavy (non-hydrogen) atoms. The van der Waals surface area contributed by atoms with Crippen molar-refractivity contribution in [1.29, 1.82) is 0 Å². The van der Waals surface area contributed by atoms with Gasteiger partial charge in [-0.1, -0.05) is 0 Å². The zero-order chi connectivity index (χ0) is 18.9. The number of hydrogen-bond acceptors (Lipinski definition) is 4. The second-order valence-corrected chi connectivity index (χ2v) is 6.82. The van der Waals surface area contributed by atoms with E-state index >= 15 is 0 Å². The van der Waals surface area contributed by atoms with Gasteiger partial charge in [0, 0.05) is 22.1 Å². The van der Waals surface area contributed by atoms with Gasteiger partial charge in [0.1, 0.15) is 5.75 Å². The summed E-state index contributed by atoms with van der Waals surface area (Å²) in [5, 5.41) is 6.70. The largest absolute Gasteiger partial charge is 0.497 e.